The van der Waals surface area contributed by atoms with E-state index in [1.807, 2.05) is 19.9 Å². The van der Waals surface area contributed by atoms with Crippen LogP contribution in [0.2, 0.25) is 0 Å². The second kappa shape index (κ2) is 9.40. The molecular formula is C25H23F3N6O2. The molecule has 2 N–H and O–H groups in total. The molecule has 0 aliphatic heterocycles. The quantitative estimate of drug-likeness (QED) is 0.383. The van der Waals surface area contributed by atoms with Gasteiger partial charge in [0, 0.05) is 5.69 Å². The first-order chi connectivity index (χ1) is 17.0. The van der Waals surface area contributed by atoms with Gasteiger partial charge in [0.05, 0.1) is 23.3 Å². The highest BCUT2D eigenvalue weighted by Crippen LogP contribution is 2.37. The molecule has 2 aromatic carbocycles. The fourth-order valence-electron chi connectivity index (χ4n) is 3.97. The van der Waals surface area contributed by atoms with E-state index in [0.29, 0.717) is 16.9 Å². The summed E-state index contributed by atoms with van der Waals surface area (Å²) in [4.78, 5) is 39.4. The molecule has 4 rings (SSSR count). The summed E-state index contributed by atoms with van der Waals surface area (Å²) < 4.78 is 42.5. The van der Waals surface area contributed by atoms with E-state index >= 15 is 0 Å². The van der Waals surface area contributed by atoms with Gasteiger partial charge in [0.1, 0.15) is 11.8 Å². The van der Waals surface area contributed by atoms with E-state index in [1.165, 1.54) is 36.3 Å². The summed E-state index contributed by atoms with van der Waals surface area (Å²) >= 11 is 0. The second-order valence-electron chi connectivity index (χ2n) is 8.41. The Morgan fingerprint density at radius 2 is 1.47 bits per heavy atom. The highest BCUT2D eigenvalue weighted by molar-refractivity contribution is 6.13. The number of nitrogens with one attached hydrogen (secondary N) is 2. The third-order valence-electron chi connectivity index (χ3n) is 5.99. The molecule has 8 nitrogen and oxygen atoms in total. The average molecular weight is 496 g/mol. The van der Waals surface area contributed by atoms with Crippen LogP contribution in [0.15, 0.2) is 49.1 Å². The molecule has 36 heavy (non-hydrogen) atoms. The summed E-state index contributed by atoms with van der Waals surface area (Å²) in [6, 6.07) is 7.51. The lowest BCUT2D eigenvalue weighted by Gasteiger charge is -2.21. The predicted octanol–water partition coefficient (Wildman–Crippen LogP) is 4.90. The number of aryl methyl sites for hydroxylation is 3. The first-order valence-corrected chi connectivity index (χ1v) is 11.0. The number of aromatic nitrogens is 4. The van der Waals surface area contributed by atoms with Crippen molar-refractivity contribution in [2.45, 2.75) is 39.9 Å². The third kappa shape index (κ3) is 4.64. The highest BCUT2D eigenvalue weighted by atomic mass is 19.4. The monoisotopic (exact) mass is 496 g/mol. The fraction of sp³-hybridized carbons (Fsp3) is 0.240. The van der Waals surface area contributed by atoms with Gasteiger partial charge in [0.15, 0.2) is 11.7 Å². The van der Waals surface area contributed by atoms with E-state index in [1.54, 1.807) is 19.1 Å². The van der Waals surface area contributed by atoms with Crippen molar-refractivity contribution in [3.05, 3.63) is 77.0 Å². The number of carbonyl (C=O) groups is 2. The van der Waals surface area contributed by atoms with Crippen molar-refractivity contribution < 1.29 is 22.8 Å². The standard InChI is InChI=1S/C25H23F3N6O2/c1-13-7-5-9-17(15(13)3)32-23(35)21(34-12-31-20-16(4)29-11-30-22(20)34)24(36)33-18-10-6-8-14(2)19(18)25(26,27)28/h5-12,21H,1-4H3,(H,32,35)(H,33,36). The van der Waals surface area contributed by atoms with Crippen LogP contribution in [0.1, 0.15) is 34.0 Å². The number of carbonyl (C=O) groups excluding carboxylic acids is 2. The summed E-state index contributed by atoms with van der Waals surface area (Å²) in [5.41, 5.74) is 1.75. The zero-order valence-electron chi connectivity index (χ0n) is 19.9. The number of amides is 2. The molecule has 11 heteroatoms. The molecule has 1 atom stereocenters. The lowest BCUT2D eigenvalue weighted by atomic mass is 10.1. The first-order valence-electron chi connectivity index (χ1n) is 11.0. The molecule has 2 heterocycles. The van der Waals surface area contributed by atoms with E-state index < -0.39 is 35.3 Å². The third-order valence-corrected chi connectivity index (χ3v) is 5.99. The van der Waals surface area contributed by atoms with E-state index in [0.717, 1.165) is 17.2 Å². The van der Waals surface area contributed by atoms with Gasteiger partial charge < -0.3 is 10.6 Å². The summed E-state index contributed by atoms with van der Waals surface area (Å²) in [6.07, 6.45) is -2.20. The Hall–Kier alpha value is -4.28. The predicted molar refractivity (Wildman–Crippen MR) is 128 cm³/mol. The average Bonchev–Trinajstić information content (AvgIpc) is 3.21. The molecule has 2 aromatic heterocycles. The molecule has 0 saturated heterocycles. The van der Waals surface area contributed by atoms with Crippen LogP contribution in [-0.4, -0.2) is 31.3 Å². The van der Waals surface area contributed by atoms with Crippen LogP contribution < -0.4 is 10.6 Å². The van der Waals surface area contributed by atoms with Gasteiger partial charge in [0.25, 0.3) is 11.8 Å². The van der Waals surface area contributed by atoms with Crippen LogP contribution in [0, 0.1) is 27.7 Å². The van der Waals surface area contributed by atoms with Gasteiger partial charge in [0.2, 0.25) is 0 Å². The zero-order valence-corrected chi connectivity index (χ0v) is 19.9. The van der Waals surface area contributed by atoms with Crippen molar-refractivity contribution >= 4 is 34.4 Å². The van der Waals surface area contributed by atoms with Crippen molar-refractivity contribution in [2.75, 3.05) is 10.6 Å². The van der Waals surface area contributed by atoms with Gasteiger partial charge >= 0.3 is 6.18 Å². The van der Waals surface area contributed by atoms with Gasteiger partial charge in [-0.3, -0.25) is 14.2 Å². The molecule has 4 aromatic rings. The summed E-state index contributed by atoms with van der Waals surface area (Å²) in [5.74, 6) is -1.75. The van der Waals surface area contributed by atoms with E-state index in [4.69, 9.17) is 0 Å². The molecule has 0 saturated carbocycles. The van der Waals surface area contributed by atoms with Crippen molar-refractivity contribution in [1.29, 1.82) is 0 Å². The van der Waals surface area contributed by atoms with Gasteiger partial charge in [-0.25, -0.2) is 15.0 Å². The maximum Gasteiger partial charge on any atom is 0.418 e. The highest BCUT2D eigenvalue weighted by Gasteiger charge is 2.37. The Bertz CT molecular complexity index is 1480. The van der Waals surface area contributed by atoms with Crippen molar-refractivity contribution in [3.63, 3.8) is 0 Å². The minimum Gasteiger partial charge on any atom is -0.324 e. The van der Waals surface area contributed by atoms with Crippen molar-refractivity contribution in [2.24, 2.45) is 0 Å². The molecule has 0 aliphatic rings. The van der Waals surface area contributed by atoms with Gasteiger partial charge in [-0.05, 0) is 56.5 Å². The Morgan fingerprint density at radius 3 is 2.14 bits per heavy atom. The van der Waals surface area contributed by atoms with Gasteiger partial charge in [-0.15, -0.1) is 0 Å². The van der Waals surface area contributed by atoms with Crippen LogP contribution in [-0.2, 0) is 15.8 Å². The number of alkyl halides is 3. The number of fused-ring (bicyclic) bond motifs is 1. The maximum atomic E-state index is 13.8. The molecular weight excluding hydrogens is 473 g/mol. The van der Waals surface area contributed by atoms with E-state index in [9.17, 15) is 22.8 Å². The van der Waals surface area contributed by atoms with Crippen LogP contribution in [0.3, 0.4) is 0 Å². The van der Waals surface area contributed by atoms with Gasteiger partial charge in [-0.2, -0.15) is 13.2 Å². The topological polar surface area (TPSA) is 102 Å². The SMILES string of the molecule is Cc1cccc(NC(=O)C(C(=O)Nc2cccc(C)c2C(F)(F)F)n2cnc3c(C)ncnc32)c1C. The molecule has 0 aliphatic carbocycles. The first kappa shape index (κ1) is 24.8. The molecule has 0 bridgehead atoms. The maximum absolute atomic E-state index is 13.8. The summed E-state index contributed by atoms with van der Waals surface area (Å²) in [7, 11) is 0. The summed E-state index contributed by atoms with van der Waals surface area (Å²) in [6.45, 7) is 6.67. The number of benzene rings is 2. The Morgan fingerprint density at radius 1 is 0.861 bits per heavy atom. The number of hydrogen-bond donors (Lipinski definition) is 2. The minimum atomic E-state index is -4.71. The number of anilines is 2. The Labute approximate surface area is 204 Å². The number of nitrogens with zero attached hydrogens (tertiary/aromatic N) is 4. The molecule has 186 valence electrons. The fourth-order valence-corrected chi connectivity index (χ4v) is 3.97. The number of hydrogen-bond acceptors (Lipinski definition) is 5. The summed E-state index contributed by atoms with van der Waals surface area (Å²) in [5, 5.41) is 5.03. The van der Waals surface area contributed by atoms with E-state index in [2.05, 4.69) is 25.6 Å². The molecule has 0 fully saturated rings. The smallest absolute Gasteiger partial charge is 0.324 e. The van der Waals surface area contributed by atoms with Crippen LogP contribution in [0.5, 0.6) is 0 Å². The number of halogens is 3. The Balaban J connectivity index is 1.79. The second-order valence-corrected chi connectivity index (χ2v) is 8.41. The van der Waals surface area contributed by atoms with Crippen LogP contribution in [0.4, 0.5) is 24.5 Å². The van der Waals surface area contributed by atoms with Crippen LogP contribution >= 0.6 is 0 Å². The van der Waals surface area contributed by atoms with E-state index in [-0.39, 0.29) is 11.2 Å². The largest absolute Gasteiger partial charge is 0.418 e. The van der Waals surface area contributed by atoms with Crippen molar-refractivity contribution in [1.82, 2.24) is 19.5 Å². The molecule has 2 amide bonds. The lowest BCUT2D eigenvalue weighted by Crippen LogP contribution is -2.36. The lowest BCUT2D eigenvalue weighted by molar-refractivity contribution is -0.137. The number of rotatable bonds is 5. The Kier molecular flexibility index (Phi) is 6.49. The molecule has 0 radical (unpaired) electrons. The van der Waals surface area contributed by atoms with Crippen LogP contribution in [0.25, 0.3) is 11.2 Å². The molecule has 0 spiro atoms. The normalized spacial score (nSPS) is 12.4. The number of imidazole rings is 1. The minimum absolute atomic E-state index is 0.0619. The molecule has 1 unspecified atom stereocenters. The van der Waals surface area contributed by atoms with Gasteiger partial charge in [-0.1, -0.05) is 24.3 Å². The zero-order chi connectivity index (χ0) is 26.2. The van der Waals surface area contributed by atoms with Crippen molar-refractivity contribution in [3.8, 4) is 0 Å².